The van der Waals surface area contributed by atoms with Crippen molar-refractivity contribution in [3.8, 4) is 5.75 Å². The molecule has 1 amide bonds. The molecule has 1 spiro atoms. The second-order valence-electron chi connectivity index (χ2n) is 9.22. The number of likely N-dealkylation sites (N-methyl/N-ethyl adjacent to an activating group) is 1. The van der Waals surface area contributed by atoms with Crippen molar-refractivity contribution in [2.24, 2.45) is 11.8 Å². The molecule has 5 aliphatic heterocycles. The molecule has 1 aromatic rings. The summed E-state index contributed by atoms with van der Waals surface area (Å²) in [5, 5.41) is 0. The second-order valence-corrected chi connectivity index (χ2v) is 9.22. The number of ketones is 1. The number of ether oxygens (including phenoxy) is 2. The number of nitrogens with zero attached hydrogens (tertiary/aromatic N) is 2. The number of carbonyl (C=O) groups excluding carboxylic acids is 2. The molecule has 7 rings (SSSR count). The lowest BCUT2D eigenvalue weighted by molar-refractivity contribution is -0.140. The molecule has 4 bridgehead atoms. The van der Waals surface area contributed by atoms with Crippen LogP contribution in [-0.4, -0.2) is 62.6 Å². The maximum atomic E-state index is 13.9. The molecule has 0 N–H and O–H groups in total. The first-order valence-corrected chi connectivity index (χ1v) is 10.6. The van der Waals surface area contributed by atoms with E-state index in [2.05, 4.69) is 18.0 Å². The van der Waals surface area contributed by atoms with Crippen molar-refractivity contribution in [1.29, 1.82) is 0 Å². The highest BCUT2D eigenvalue weighted by atomic mass is 16.5. The predicted molar refractivity (Wildman–Crippen MR) is 107 cm³/mol. The lowest BCUT2D eigenvalue weighted by atomic mass is 9.55. The number of carbonyl (C=O) groups is 2. The molecule has 5 atom stereocenters. The molecule has 6 aliphatic rings. The topological polar surface area (TPSA) is 59.1 Å². The maximum absolute atomic E-state index is 13.9. The van der Waals surface area contributed by atoms with Gasteiger partial charge in [-0.2, -0.15) is 0 Å². The van der Waals surface area contributed by atoms with Crippen LogP contribution in [0.15, 0.2) is 29.8 Å². The van der Waals surface area contributed by atoms with E-state index in [4.69, 9.17) is 9.47 Å². The standard InChI is InChI=1S/C23H26N2O4/c1-24-7-6-23-16-4-3-14(28-2)9-17(16)25-20(27)11-18-21(22(23)25)15(10-19(23)26)13(12-24)5-8-29-18/h3-5,9,15,18,21-22H,6-8,10-12H2,1-2H3/t15-,18+,21-,22+,23+/m1/s1. The van der Waals surface area contributed by atoms with E-state index in [0.717, 1.165) is 36.5 Å². The van der Waals surface area contributed by atoms with Crippen molar-refractivity contribution in [1.82, 2.24) is 4.90 Å². The van der Waals surface area contributed by atoms with Gasteiger partial charge in [-0.15, -0.1) is 0 Å². The fourth-order valence-electron chi connectivity index (χ4n) is 6.80. The summed E-state index contributed by atoms with van der Waals surface area (Å²) >= 11 is 0. The Labute approximate surface area is 170 Å². The molecule has 0 unspecified atom stereocenters. The van der Waals surface area contributed by atoms with E-state index in [9.17, 15) is 9.59 Å². The monoisotopic (exact) mass is 394 g/mol. The molecule has 29 heavy (non-hydrogen) atoms. The number of hydrogen-bond donors (Lipinski definition) is 0. The van der Waals surface area contributed by atoms with E-state index in [1.807, 2.05) is 23.1 Å². The van der Waals surface area contributed by atoms with Crippen LogP contribution < -0.4 is 9.64 Å². The van der Waals surface area contributed by atoms with Crippen LogP contribution in [0.25, 0.3) is 0 Å². The number of benzene rings is 1. The van der Waals surface area contributed by atoms with Gasteiger partial charge in [0.1, 0.15) is 11.5 Å². The number of piperidine rings is 1. The molecular formula is C23H26N2O4. The third-order valence-electron chi connectivity index (χ3n) is 8.01. The molecular weight excluding hydrogens is 368 g/mol. The molecule has 1 aliphatic carbocycles. The van der Waals surface area contributed by atoms with Gasteiger partial charge >= 0.3 is 0 Å². The Morgan fingerprint density at radius 1 is 1.24 bits per heavy atom. The fourth-order valence-corrected chi connectivity index (χ4v) is 6.80. The Kier molecular flexibility index (Phi) is 3.61. The fraction of sp³-hybridized carbons (Fsp3) is 0.565. The number of hydrogen-bond acceptors (Lipinski definition) is 5. The number of fused-ring (bicyclic) bond motifs is 6. The van der Waals surface area contributed by atoms with E-state index < -0.39 is 5.41 Å². The molecule has 0 aromatic heterocycles. The third kappa shape index (κ3) is 2.14. The molecule has 6 heteroatoms. The van der Waals surface area contributed by atoms with Crippen molar-refractivity contribution >= 4 is 17.4 Å². The zero-order valence-electron chi connectivity index (χ0n) is 16.9. The molecule has 0 radical (unpaired) electrons. The van der Waals surface area contributed by atoms with Crippen LogP contribution in [0.2, 0.25) is 0 Å². The molecule has 5 heterocycles. The summed E-state index contributed by atoms with van der Waals surface area (Å²) in [4.78, 5) is 31.5. The van der Waals surface area contributed by atoms with Gasteiger partial charge < -0.3 is 19.3 Å². The first-order chi connectivity index (χ1) is 14.0. The van der Waals surface area contributed by atoms with E-state index in [1.165, 1.54) is 5.57 Å². The number of methoxy groups -OCH3 is 1. The van der Waals surface area contributed by atoms with Crippen LogP contribution in [0, 0.1) is 11.8 Å². The Bertz CT molecular complexity index is 956. The van der Waals surface area contributed by atoms with Gasteiger partial charge in [0.2, 0.25) is 5.91 Å². The van der Waals surface area contributed by atoms with Crippen LogP contribution in [-0.2, 0) is 19.7 Å². The van der Waals surface area contributed by atoms with Crippen LogP contribution in [0.3, 0.4) is 0 Å². The summed E-state index contributed by atoms with van der Waals surface area (Å²) in [5.74, 6) is 1.38. The van der Waals surface area contributed by atoms with Crippen molar-refractivity contribution in [3.63, 3.8) is 0 Å². The zero-order chi connectivity index (χ0) is 19.9. The Hall–Kier alpha value is -2.18. The lowest BCUT2D eigenvalue weighted by Gasteiger charge is -2.53. The molecule has 1 aromatic carbocycles. The average molecular weight is 394 g/mol. The van der Waals surface area contributed by atoms with E-state index in [-0.39, 0.29) is 35.7 Å². The van der Waals surface area contributed by atoms with Crippen LogP contribution in [0.5, 0.6) is 5.75 Å². The summed E-state index contributed by atoms with van der Waals surface area (Å²) in [6.07, 6.45) is 3.73. The minimum Gasteiger partial charge on any atom is -0.497 e. The van der Waals surface area contributed by atoms with E-state index in [0.29, 0.717) is 19.4 Å². The highest BCUT2D eigenvalue weighted by Crippen LogP contribution is 2.60. The number of Topliss-reactive ketones (excluding diaryl/α,β-unsaturated/α-hetero) is 1. The van der Waals surface area contributed by atoms with Crippen molar-refractivity contribution < 1.29 is 19.1 Å². The van der Waals surface area contributed by atoms with Crippen LogP contribution in [0.4, 0.5) is 5.69 Å². The Morgan fingerprint density at radius 2 is 2.10 bits per heavy atom. The predicted octanol–water partition coefficient (Wildman–Crippen LogP) is 1.92. The Balaban J connectivity index is 1.64. The van der Waals surface area contributed by atoms with E-state index in [1.54, 1.807) is 7.11 Å². The first-order valence-electron chi connectivity index (χ1n) is 10.6. The van der Waals surface area contributed by atoms with E-state index >= 15 is 0 Å². The summed E-state index contributed by atoms with van der Waals surface area (Å²) in [7, 11) is 3.77. The minimum atomic E-state index is -0.644. The van der Waals surface area contributed by atoms with Gasteiger partial charge in [-0.25, -0.2) is 0 Å². The lowest BCUT2D eigenvalue weighted by Crippen LogP contribution is -2.66. The van der Waals surface area contributed by atoms with Gasteiger partial charge in [0.05, 0.1) is 43.4 Å². The normalized spacial score (nSPS) is 38.0. The summed E-state index contributed by atoms with van der Waals surface area (Å²) in [6.45, 7) is 2.23. The SMILES string of the molecule is COc1ccc2c(c1)N1C(=O)C[C@@H]3OCC=C4CN(C)CC[C@@]25C(=O)C[C@H]4[C@H]3[C@H]15. The van der Waals surface area contributed by atoms with Crippen LogP contribution >= 0.6 is 0 Å². The maximum Gasteiger partial charge on any atom is 0.229 e. The first kappa shape index (κ1) is 17.7. The molecule has 6 nitrogen and oxygen atoms in total. The van der Waals surface area contributed by atoms with Gasteiger partial charge in [0, 0.05) is 24.9 Å². The molecule has 1 saturated carbocycles. The molecule has 152 valence electrons. The van der Waals surface area contributed by atoms with Gasteiger partial charge in [0.15, 0.2) is 0 Å². The van der Waals surface area contributed by atoms with Gasteiger partial charge in [0.25, 0.3) is 0 Å². The highest BCUT2D eigenvalue weighted by Gasteiger charge is 2.67. The van der Waals surface area contributed by atoms with Gasteiger partial charge in [-0.05, 0) is 37.6 Å². The van der Waals surface area contributed by atoms with Crippen molar-refractivity contribution in [2.45, 2.75) is 36.8 Å². The second kappa shape index (κ2) is 5.92. The van der Waals surface area contributed by atoms with Gasteiger partial charge in [-0.3, -0.25) is 9.59 Å². The number of rotatable bonds is 1. The summed E-state index contributed by atoms with van der Waals surface area (Å²) in [6, 6.07) is 5.74. The van der Waals surface area contributed by atoms with Crippen molar-refractivity contribution in [2.75, 3.05) is 38.8 Å². The Morgan fingerprint density at radius 3 is 2.93 bits per heavy atom. The van der Waals surface area contributed by atoms with Crippen molar-refractivity contribution in [3.05, 3.63) is 35.4 Å². The third-order valence-corrected chi connectivity index (χ3v) is 8.01. The number of anilines is 1. The average Bonchev–Trinajstić information content (AvgIpc) is 2.95. The minimum absolute atomic E-state index is 0.0668. The summed E-state index contributed by atoms with van der Waals surface area (Å²) < 4.78 is 11.7. The van der Waals surface area contributed by atoms with Crippen LogP contribution in [0.1, 0.15) is 24.8 Å². The zero-order valence-corrected chi connectivity index (χ0v) is 16.9. The largest absolute Gasteiger partial charge is 0.497 e. The number of amides is 1. The smallest absolute Gasteiger partial charge is 0.229 e. The summed E-state index contributed by atoms with van der Waals surface area (Å²) in [5.41, 5.74) is 2.54. The quantitative estimate of drug-likeness (QED) is 0.681. The van der Waals surface area contributed by atoms with Gasteiger partial charge in [-0.1, -0.05) is 17.7 Å². The molecule has 3 saturated heterocycles. The highest BCUT2D eigenvalue weighted by molar-refractivity contribution is 6.06. The molecule has 4 fully saturated rings.